The van der Waals surface area contributed by atoms with Crippen LogP contribution in [-0.2, 0) is 0 Å². The third-order valence-corrected chi connectivity index (χ3v) is 2.24. The lowest BCUT2D eigenvalue weighted by Crippen LogP contribution is -1.68. The first-order valence-electron chi connectivity index (χ1n) is 3.40. The summed E-state index contributed by atoms with van der Waals surface area (Å²) >= 11 is 20.5. The van der Waals surface area contributed by atoms with Gasteiger partial charge in [-0.3, -0.25) is 0 Å². The minimum absolute atomic E-state index is 0.0895. The van der Waals surface area contributed by atoms with Crippen LogP contribution in [0, 0.1) is 6.92 Å². The van der Waals surface area contributed by atoms with Gasteiger partial charge in [0.25, 0.3) is 0 Å². The van der Waals surface area contributed by atoms with Gasteiger partial charge in [-0.05, 0) is 18.6 Å². The molecule has 1 rings (SSSR count). The van der Waals surface area contributed by atoms with Gasteiger partial charge in [-0.15, -0.1) is 0 Å². The lowest BCUT2D eigenvalue weighted by Gasteiger charge is -1.90. The molecule has 0 heterocycles. The van der Waals surface area contributed by atoms with E-state index in [1.807, 2.05) is 31.2 Å². The van der Waals surface area contributed by atoms with Gasteiger partial charge in [-0.25, -0.2) is 0 Å². The highest BCUT2D eigenvalue weighted by atomic mass is 35.5. The highest BCUT2D eigenvalue weighted by molar-refractivity contribution is 6.58. The summed E-state index contributed by atoms with van der Waals surface area (Å²) in [6.07, 6.45) is 0. The van der Waals surface area contributed by atoms with Gasteiger partial charge in [-0.1, -0.05) is 64.6 Å². The van der Waals surface area contributed by atoms with Gasteiger partial charge >= 0.3 is 0 Å². The molecule has 0 aliphatic heterocycles. The van der Waals surface area contributed by atoms with Gasteiger partial charge < -0.3 is 0 Å². The maximum Gasteiger partial charge on any atom is 0.118 e. The summed E-state index contributed by atoms with van der Waals surface area (Å²) in [4.78, 5) is 0. The molecule has 0 amide bonds. The summed E-state index contributed by atoms with van der Waals surface area (Å²) in [5.74, 6) is 0. The molecule has 13 heavy (non-hydrogen) atoms. The summed E-state index contributed by atoms with van der Waals surface area (Å²) < 4.78 is 0.0895. The number of hydrogen-bond acceptors (Lipinski definition) is 0. The molecule has 0 aliphatic rings. The fraction of sp³-hybridized carbons (Fsp3) is 0.111. The van der Waals surface area contributed by atoms with Crippen molar-refractivity contribution in [3.8, 4) is 0 Å². The molecule has 0 radical (unpaired) electrons. The Morgan fingerprint density at radius 3 is 1.92 bits per heavy atom. The maximum atomic E-state index is 5.71. The standard InChI is InChI=1S/C7H7Cl.C2HCl3/c1-6-4-2-3-5-7(6)8;3-1-2(4)5/h2-5H,1H3;1H. The predicted molar refractivity (Wildman–Crippen MR) is 61.8 cm³/mol. The van der Waals surface area contributed by atoms with E-state index >= 15 is 0 Å². The molecular weight excluding hydrogens is 250 g/mol. The first-order valence-corrected chi connectivity index (χ1v) is 4.97. The average molecular weight is 258 g/mol. The summed E-state index contributed by atoms with van der Waals surface area (Å²) in [5, 5.41) is 0.840. The Balaban J connectivity index is 0.000000252. The van der Waals surface area contributed by atoms with Crippen LogP contribution in [0.5, 0.6) is 0 Å². The van der Waals surface area contributed by atoms with Gasteiger partial charge in [0, 0.05) is 10.6 Å². The van der Waals surface area contributed by atoms with Crippen LogP contribution in [0.1, 0.15) is 5.56 Å². The lowest BCUT2D eigenvalue weighted by molar-refractivity contribution is 1.47. The zero-order chi connectivity index (χ0) is 10.3. The van der Waals surface area contributed by atoms with E-state index in [-0.39, 0.29) is 4.49 Å². The van der Waals surface area contributed by atoms with Crippen molar-refractivity contribution in [2.75, 3.05) is 0 Å². The highest BCUT2D eigenvalue weighted by Gasteiger charge is 1.86. The lowest BCUT2D eigenvalue weighted by atomic mass is 10.2. The number of halogens is 4. The van der Waals surface area contributed by atoms with Crippen molar-refractivity contribution in [1.82, 2.24) is 0 Å². The summed E-state index contributed by atoms with van der Waals surface area (Å²) in [6.45, 7) is 1.99. The third-order valence-electron chi connectivity index (χ3n) is 1.16. The largest absolute Gasteiger partial charge is 0.118 e. The van der Waals surface area contributed by atoms with Crippen molar-refractivity contribution in [2.45, 2.75) is 6.92 Å². The zero-order valence-corrected chi connectivity index (χ0v) is 9.92. The first kappa shape index (κ1) is 13.1. The molecule has 72 valence electrons. The average Bonchev–Trinajstić information content (AvgIpc) is 2.11. The van der Waals surface area contributed by atoms with E-state index in [0.29, 0.717) is 0 Å². The maximum absolute atomic E-state index is 5.71. The minimum Gasteiger partial charge on any atom is -0.0904 e. The van der Waals surface area contributed by atoms with E-state index in [4.69, 9.17) is 46.4 Å². The van der Waals surface area contributed by atoms with Gasteiger partial charge in [-0.2, -0.15) is 0 Å². The van der Waals surface area contributed by atoms with Crippen LogP contribution in [-0.4, -0.2) is 0 Å². The van der Waals surface area contributed by atoms with Crippen LogP contribution in [0.25, 0.3) is 0 Å². The number of hydrogen-bond donors (Lipinski definition) is 0. The molecule has 0 bridgehead atoms. The third kappa shape index (κ3) is 7.21. The highest BCUT2D eigenvalue weighted by Crippen LogP contribution is 2.11. The molecule has 0 saturated heterocycles. The van der Waals surface area contributed by atoms with Crippen LogP contribution in [0.2, 0.25) is 5.02 Å². The molecule has 1 aromatic carbocycles. The van der Waals surface area contributed by atoms with Gasteiger partial charge in [0.1, 0.15) is 4.49 Å². The summed E-state index contributed by atoms with van der Waals surface area (Å²) in [5.41, 5.74) is 2.22. The molecule has 0 nitrogen and oxygen atoms in total. The second-order valence-electron chi connectivity index (χ2n) is 2.15. The molecule has 0 spiro atoms. The molecular formula is C9H8Cl4. The number of rotatable bonds is 0. The summed E-state index contributed by atoms with van der Waals surface area (Å²) in [7, 11) is 0. The Morgan fingerprint density at radius 1 is 1.23 bits per heavy atom. The predicted octanol–water partition coefficient (Wildman–Crippen LogP) is 5.15. The Bertz CT molecular complexity index is 256. The molecule has 0 unspecified atom stereocenters. The van der Waals surface area contributed by atoms with E-state index in [9.17, 15) is 0 Å². The molecule has 0 saturated carbocycles. The van der Waals surface area contributed by atoms with E-state index < -0.39 is 0 Å². The van der Waals surface area contributed by atoms with Crippen LogP contribution in [0.4, 0.5) is 0 Å². The SMILES string of the molecule is Cc1ccccc1Cl.ClC=C(Cl)Cl. The Morgan fingerprint density at radius 2 is 1.69 bits per heavy atom. The molecule has 0 fully saturated rings. The van der Waals surface area contributed by atoms with Crippen molar-refractivity contribution < 1.29 is 0 Å². The van der Waals surface area contributed by atoms with Crippen LogP contribution < -0.4 is 0 Å². The number of aryl methyl sites for hydroxylation is 1. The number of benzene rings is 1. The van der Waals surface area contributed by atoms with Gasteiger partial charge in [0.05, 0.1) is 0 Å². The van der Waals surface area contributed by atoms with Crippen LogP contribution >= 0.6 is 46.4 Å². The Labute approximate surface area is 98.1 Å². The van der Waals surface area contributed by atoms with E-state index in [0.717, 1.165) is 16.1 Å². The van der Waals surface area contributed by atoms with Crippen LogP contribution in [0.15, 0.2) is 34.3 Å². The fourth-order valence-electron chi connectivity index (χ4n) is 0.551. The smallest absolute Gasteiger partial charge is 0.0904 e. The fourth-order valence-corrected chi connectivity index (χ4v) is 0.687. The molecule has 0 aliphatic carbocycles. The van der Waals surface area contributed by atoms with E-state index in [1.165, 1.54) is 0 Å². The van der Waals surface area contributed by atoms with E-state index in [2.05, 4.69) is 0 Å². The van der Waals surface area contributed by atoms with Crippen molar-refractivity contribution in [1.29, 1.82) is 0 Å². The van der Waals surface area contributed by atoms with Gasteiger partial charge in [0.15, 0.2) is 0 Å². The summed E-state index contributed by atoms with van der Waals surface area (Å²) in [6, 6.07) is 7.77. The molecule has 0 atom stereocenters. The molecule has 1 aromatic rings. The normalized spacial score (nSPS) is 8.38. The molecule has 0 aromatic heterocycles. The van der Waals surface area contributed by atoms with Crippen molar-refractivity contribution in [3.05, 3.63) is 44.9 Å². The topological polar surface area (TPSA) is 0 Å². The Hall–Kier alpha value is 0.120. The Kier molecular flexibility index (Phi) is 7.59. The zero-order valence-electron chi connectivity index (χ0n) is 6.90. The van der Waals surface area contributed by atoms with E-state index in [1.54, 1.807) is 0 Å². The second kappa shape index (κ2) is 7.52. The molecule has 4 heteroatoms. The van der Waals surface area contributed by atoms with Gasteiger partial charge in [0.2, 0.25) is 0 Å². The monoisotopic (exact) mass is 256 g/mol. The van der Waals surface area contributed by atoms with Crippen molar-refractivity contribution >= 4 is 46.4 Å². The van der Waals surface area contributed by atoms with Crippen molar-refractivity contribution in [2.24, 2.45) is 0 Å². The van der Waals surface area contributed by atoms with Crippen molar-refractivity contribution in [3.63, 3.8) is 0 Å². The first-order chi connectivity index (χ1) is 6.07. The van der Waals surface area contributed by atoms with Crippen LogP contribution in [0.3, 0.4) is 0 Å². The minimum atomic E-state index is 0.0895. The molecule has 0 N–H and O–H groups in total. The quantitative estimate of drug-likeness (QED) is 0.603. The second-order valence-corrected chi connectivity index (χ2v) is 3.78.